The van der Waals surface area contributed by atoms with E-state index >= 15 is 0 Å². The molecule has 0 rings (SSSR count). The Kier molecular flexibility index (Phi) is 8.08. The zero-order valence-corrected chi connectivity index (χ0v) is 8.76. The summed E-state index contributed by atoms with van der Waals surface area (Å²) in [5, 5.41) is 36.8. The summed E-state index contributed by atoms with van der Waals surface area (Å²) in [5.41, 5.74) is 0. The first kappa shape index (κ1) is 13.8. The van der Waals surface area contributed by atoms with Crippen LogP contribution in [0.4, 0.5) is 0 Å². The quantitative estimate of drug-likeness (QED) is 0.422. The van der Waals surface area contributed by atoms with Gasteiger partial charge in [0.05, 0.1) is 12.2 Å². The van der Waals surface area contributed by atoms with Crippen molar-refractivity contribution in [3.05, 3.63) is 0 Å². The highest BCUT2D eigenvalue weighted by atomic mass is 16.4. The van der Waals surface area contributed by atoms with E-state index in [1.807, 2.05) is 6.92 Å². The van der Waals surface area contributed by atoms with E-state index in [9.17, 15) is 15.3 Å². The van der Waals surface area contributed by atoms with Crippen molar-refractivity contribution in [1.82, 2.24) is 0 Å². The molecule has 0 spiro atoms. The monoisotopic (exact) mass is 206 g/mol. The fourth-order valence-corrected chi connectivity index (χ4v) is 1.36. The Morgan fingerprint density at radius 3 is 2.00 bits per heavy atom. The number of hydrogen-bond donors (Lipinski definition) is 4. The molecular weight excluding hydrogens is 184 g/mol. The second kappa shape index (κ2) is 8.17. The second-order valence-electron chi connectivity index (χ2n) is 3.63. The van der Waals surface area contributed by atoms with Gasteiger partial charge in [0.25, 0.3) is 0 Å². The summed E-state index contributed by atoms with van der Waals surface area (Å²) in [4.78, 5) is 0. The molecule has 3 atom stereocenters. The maximum Gasteiger partial charge on any atom is 0.106 e. The van der Waals surface area contributed by atoms with Gasteiger partial charge in [-0.15, -0.1) is 0 Å². The third kappa shape index (κ3) is 5.54. The number of hydrogen-bond acceptors (Lipinski definition) is 4. The molecule has 0 aromatic rings. The second-order valence-corrected chi connectivity index (χ2v) is 3.63. The van der Waals surface area contributed by atoms with E-state index in [1.165, 1.54) is 0 Å². The average molecular weight is 206 g/mol. The molecule has 0 unspecified atom stereocenters. The van der Waals surface area contributed by atoms with Gasteiger partial charge in [-0.05, 0) is 25.7 Å². The molecule has 0 heterocycles. The maximum atomic E-state index is 9.45. The molecule has 0 radical (unpaired) electrons. The number of aliphatic hydroxyl groups excluding tert-OH is 4. The summed E-state index contributed by atoms with van der Waals surface area (Å²) in [7, 11) is 0. The minimum absolute atomic E-state index is 0.0975. The standard InChI is InChI=1S/C10H22O4/c1-2-5-8(12)10(14)9(13)6-3-4-7-11/h8-14H,2-7H2,1H3/t8-,9-,10+/m0/s1. The van der Waals surface area contributed by atoms with Gasteiger partial charge in [-0.2, -0.15) is 0 Å². The van der Waals surface area contributed by atoms with Crippen molar-refractivity contribution in [2.24, 2.45) is 0 Å². The molecule has 0 bridgehead atoms. The van der Waals surface area contributed by atoms with Crippen LogP contribution in [0.2, 0.25) is 0 Å². The van der Waals surface area contributed by atoms with Crippen molar-refractivity contribution >= 4 is 0 Å². The highest BCUT2D eigenvalue weighted by Gasteiger charge is 2.23. The Hall–Kier alpha value is -0.160. The van der Waals surface area contributed by atoms with E-state index in [4.69, 9.17) is 5.11 Å². The molecule has 0 saturated carbocycles. The lowest BCUT2D eigenvalue weighted by Crippen LogP contribution is -2.37. The van der Waals surface area contributed by atoms with E-state index in [0.717, 1.165) is 6.42 Å². The minimum Gasteiger partial charge on any atom is -0.396 e. The summed E-state index contributed by atoms with van der Waals surface area (Å²) in [6.07, 6.45) is 0.185. The average Bonchev–Trinajstić information content (AvgIpc) is 2.17. The first-order valence-corrected chi connectivity index (χ1v) is 5.28. The van der Waals surface area contributed by atoms with Gasteiger partial charge in [0.2, 0.25) is 0 Å². The van der Waals surface area contributed by atoms with Crippen LogP contribution in [0.25, 0.3) is 0 Å². The fraction of sp³-hybridized carbons (Fsp3) is 1.00. The Balaban J connectivity index is 3.68. The van der Waals surface area contributed by atoms with E-state index in [2.05, 4.69) is 0 Å². The predicted octanol–water partition coefficient (Wildman–Crippen LogP) is 0.0318. The van der Waals surface area contributed by atoms with Crippen LogP contribution in [0.5, 0.6) is 0 Å². The molecule has 0 aliphatic rings. The highest BCUT2D eigenvalue weighted by molar-refractivity contribution is 4.74. The normalized spacial score (nSPS) is 17.8. The maximum absolute atomic E-state index is 9.45. The predicted molar refractivity (Wildman–Crippen MR) is 53.9 cm³/mol. The van der Waals surface area contributed by atoms with Gasteiger partial charge in [0.15, 0.2) is 0 Å². The first-order valence-electron chi connectivity index (χ1n) is 5.28. The molecule has 0 aliphatic heterocycles. The molecule has 0 saturated heterocycles. The van der Waals surface area contributed by atoms with Gasteiger partial charge >= 0.3 is 0 Å². The van der Waals surface area contributed by atoms with E-state index in [1.54, 1.807) is 0 Å². The van der Waals surface area contributed by atoms with Crippen molar-refractivity contribution in [3.63, 3.8) is 0 Å². The van der Waals surface area contributed by atoms with Crippen molar-refractivity contribution in [3.8, 4) is 0 Å². The van der Waals surface area contributed by atoms with Crippen LogP contribution in [-0.2, 0) is 0 Å². The Bertz CT molecular complexity index is 129. The largest absolute Gasteiger partial charge is 0.396 e. The number of aliphatic hydroxyl groups is 4. The summed E-state index contributed by atoms with van der Waals surface area (Å²) in [6.45, 7) is 2.01. The Labute approximate surface area is 85.2 Å². The molecule has 4 heteroatoms. The molecule has 0 aliphatic carbocycles. The van der Waals surface area contributed by atoms with Crippen LogP contribution < -0.4 is 0 Å². The Morgan fingerprint density at radius 2 is 1.50 bits per heavy atom. The molecule has 14 heavy (non-hydrogen) atoms. The van der Waals surface area contributed by atoms with Gasteiger partial charge in [0, 0.05) is 6.61 Å². The highest BCUT2D eigenvalue weighted by Crippen LogP contribution is 2.11. The molecule has 4 nitrogen and oxygen atoms in total. The summed E-state index contributed by atoms with van der Waals surface area (Å²) in [5.74, 6) is 0. The van der Waals surface area contributed by atoms with Crippen molar-refractivity contribution in [1.29, 1.82) is 0 Å². The van der Waals surface area contributed by atoms with Gasteiger partial charge in [-0.3, -0.25) is 0 Å². The lowest BCUT2D eigenvalue weighted by Gasteiger charge is -2.22. The molecule has 0 aromatic carbocycles. The topological polar surface area (TPSA) is 80.9 Å². The van der Waals surface area contributed by atoms with Gasteiger partial charge in [-0.25, -0.2) is 0 Å². The van der Waals surface area contributed by atoms with Crippen LogP contribution in [0.15, 0.2) is 0 Å². The third-order valence-electron chi connectivity index (χ3n) is 2.28. The zero-order chi connectivity index (χ0) is 11.0. The fourth-order valence-electron chi connectivity index (χ4n) is 1.36. The Morgan fingerprint density at radius 1 is 0.929 bits per heavy atom. The lowest BCUT2D eigenvalue weighted by atomic mass is 10.00. The van der Waals surface area contributed by atoms with Gasteiger partial charge in [0.1, 0.15) is 6.10 Å². The first-order chi connectivity index (χ1) is 6.63. The lowest BCUT2D eigenvalue weighted by molar-refractivity contribution is -0.0649. The number of rotatable bonds is 8. The van der Waals surface area contributed by atoms with Crippen molar-refractivity contribution < 1.29 is 20.4 Å². The minimum atomic E-state index is -1.06. The molecule has 86 valence electrons. The molecule has 0 aromatic heterocycles. The van der Waals surface area contributed by atoms with Crippen LogP contribution >= 0.6 is 0 Å². The molecule has 4 N–H and O–H groups in total. The number of unbranched alkanes of at least 4 members (excludes halogenated alkanes) is 1. The SMILES string of the molecule is CCC[C@H](O)[C@@H](O)[C@@H](O)CCCCO. The van der Waals surface area contributed by atoms with Crippen LogP contribution in [-0.4, -0.2) is 45.3 Å². The van der Waals surface area contributed by atoms with Gasteiger partial charge in [-0.1, -0.05) is 13.3 Å². The van der Waals surface area contributed by atoms with E-state index in [-0.39, 0.29) is 6.61 Å². The smallest absolute Gasteiger partial charge is 0.106 e. The third-order valence-corrected chi connectivity index (χ3v) is 2.28. The van der Waals surface area contributed by atoms with Crippen molar-refractivity contribution in [2.45, 2.75) is 57.3 Å². The van der Waals surface area contributed by atoms with E-state index < -0.39 is 18.3 Å². The van der Waals surface area contributed by atoms with Crippen LogP contribution in [0.1, 0.15) is 39.0 Å². The van der Waals surface area contributed by atoms with Gasteiger partial charge < -0.3 is 20.4 Å². The molecular formula is C10H22O4. The van der Waals surface area contributed by atoms with E-state index in [0.29, 0.717) is 25.7 Å². The summed E-state index contributed by atoms with van der Waals surface area (Å²) < 4.78 is 0. The summed E-state index contributed by atoms with van der Waals surface area (Å²) >= 11 is 0. The molecule has 0 amide bonds. The van der Waals surface area contributed by atoms with Crippen LogP contribution in [0, 0.1) is 0 Å². The summed E-state index contributed by atoms with van der Waals surface area (Å²) in [6, 6.07) is 0. The zero-order valence-electron chi connectivity index (χ0n) is 8.76. The van der Waals surface area contributed by atoms with Crippen LogP contribution in [0.3, 0.4) is 0 Å². The molecule has 0 fully saturated rings. The van der Waals surface area contributed by atoms with Crippen molar-refractivity contribution in [2.75, 3.05) is 6.61 Å².